The maximum atomic E-state index is 12.1. The van der Waals surface area contributed by atoms with Crippen molar-refractivity contribution in [2.75, 3.05) is 11.9 Å². The van der Waals surface area contributed by atoms with Gasteiger partial charge in [0.1, 0.15) is 5.75 Å². The van der Waals surface area contributed by atoms with Gasteiger partial charge in [-0.2, -0.15) is 0 Å². The molecule has 0 spiro atoms. The molecule has 108 valence electrons. The molecule has 0 saturated carbocycles. The van der Waals surface area contributed by atoms with Gasteiger partial charge in [0.25, 0.3) is 11.8 Å². The van der Waals surface area contributed by atoms with Gasteiger partial charge in [0.2, 0.25) is 0 Å². The van der Waals surface area contributed by atoms with Crippen LogP contribution in [0.15, 0.2) is 18.2 Å². The number of carbonyl (C=O) groups excluding carboxylic acids is 2. The minimum atomic E-state index is -0.465. The van der Waals surface area contributed by atoms with E-state index in [2.05, 4.69) is 10.6 Å². The summed E-state index contributed by atoms with van der Waals surface area (Å²) in [6.45, 7) is 3.47. The van der Waals surface area contributed by atoms with Crippen LogP contribution in [-0.2, 0) is 4.79 Å². The van der Waals surface area contributed by atoms with Crippen molar-refractivity contribution < 1.29 is 19.4 Å². The Hall–Kier alpha value is -2.08. The highest BCUT2D eigenvalue weighted by molar-refractivity contribution is 5.99. The Balaban J connectivity index is 2.06. The average molecular weight is 278 g/mol. The summed E-state index contributed by atoms with van der Waals surface area (Å²) in [5.74, 6) is 0.0436. The zero-order chi connectivity index (χ0) is 14.7. The van der Waals surface area contributed by atoms with Crippen molar-refractivity contribution in [3.8, 4) is 5.75 Å². The highest BCUT2D eigenvalue weighted by atomic mass is 16.5. The molecule has 0 saturated heterocycles. The van der Waals surface area contributed by atoms with E-state index in [1.807, 2.05) is 6.92 Å². The van der Waals surface area contributed by atoms with E-state index >= 15 is 0 Å². The molecule has 2 rings (SSSR count). The summed E-state index contributed by atoms with van der Waals surface area (Å²) in [6, 6.07) is 4.73. The zero-order valence-corrected chi connectivity index (χ0v) is 11.5. The predicted molar refractivity (Wildman–Crippen MR) is 73.8 cm³/mol. The first kappa shape index (κ1) is 14.3. The van der Waals surface area contributed by atoms with Crippen molar-refractivity contribution >= 4 is 17.5 Å². The van der Waals surface area contributed by atoms with Crippen LogP contribution in [0.1, 0.15) is 30.6 Å². The van der Waals surface area contributed by atoms with Gasteiger partial charge in [-0.15, -0.1) is 0 Å². The predicted octanol–water partition coefficient (Wildman–Crippen LogP) is 0.907. The number of aliphatic hydroxyl groups is 1. The first-order chi connectivity index (χ1) is 9.45. The number of nitrogens with one attached hydrogen (secondary N) is 2. The largest absolute Gasteiger partial charge is 0.482 e. The number of carbonyl (C=O) groups is 2. The minimum absolute atomic E-state index is 0.0451. The second-order valence-corrected chi connectivity index (χ2v) is 5.01. The van der Waals surface area contributed by atoms with Gasteiger partial charge in [-0.3, -0.25) is 9.59 Å². The summed E-state index contributed by atoms with van der Waals surface area (Å²) in [5, 5.41) is 14.7. The average Bonchev–Trinajstić information content (AvgIpc) is 2.36. The van der Waals surface area contributed by atoms with Crippen LogP contribution in [0.3, 0.4) is 0 Å². The van der Waals surface area contributed by atoms with Gasteiger partial charge in [0, 0.05) is 11.6 Å². The van der Waals surface area contributed by atoms with Crippen molar-refractivity contribution in [3.05, 3.63) is 23.8 Å². The number of fused-ring (bicyclic) bond motifs is 1. The lowest BCUT2D eigenvalue weighted by atomic mass is 10.1. The van der Waals surface area contributed by atoms with Crippen LogP contribution >= 0.6 is 0 Å². The van der Waals surface area contributed by atoms with Crippen LogP contribution in [0.4, 0.5) is 5.69 Å². The van der Waals surface area contributed by atoms with Crippen LogP contribution in [-0.4, -0.2) is 35.7 Å². The third kappa shape index (κ3) is 3.48. The van der Waals surface area contributed by atoms with Crippen molar-refractivity contribution in [1.82, 2.24) is 5.32 Å². The third-order valence-electron chi connectivity index (χ3n) is 2.95. The number of ether oxygens (including phenoxy) is 1. The van der Waals surface area contributed by atoms with E-state index in [1.54, 1.807) is 25.1 Å². The fraction of sp³-hybridized carbons (Fsp3) is 0.429. The van der Waals surface area contributed by atoms with Crippen LogP contribution in [0.25, 0.3) is 0 Å². The number of aliphatic hydroxyl groups excluding tert-OH is 1. The normalized spacial score (nSPS) is 16.4. The Labute approximate surface area is 117 Å². The van der Waals surface area contributed by atoms with Crippen LogP contribution in [0.2, 0.25) is 0 Å². The summed E-state index contributed by atoms with van der Waals surface area (Å²) in [7, 11) is 0. The molecule has 0 bridgehead atoms. The van der Waals surface area contributed by atoms with Crippen molar-refractivity contribution in [2.24, 2.45) is 0 Å². The van der Waals surface area contributed by atoms with Crippen molar-refractivity contribution in [2.45, 2.75) is 32.4 Å². The topological polar surface area (TPSA) is 87.7 Å². The van der Waals surface area contributed by atoms with Gasteiger partial charge in [0.15, 0.2) is 6.61 Å². The second-order valence-electron chi connectivity index (χ2n) is 5.01. The van der Waals surface area contributed by atoms with Gasteiger partial charge >= 0.3 is 0 Å². The lowest BCUT2D eigenvalue weighted by Crippen LogP contribution is -2.34. The molecule has 0 fully saturated rings. The van der Waals surface area contributed by atoms with Crippen LogP contribution < -0.4 is 15.4 Å². The van der Waals surface area contributed by atoms with E-state index in [4.69, 9.17) is 4.74 Å². The molecule has 1 heterocycles. The molecule has 3 N–H and O–H groups in total. The molecule has 0 aliphatic carbocycles. The van der Waals surface area contributed by atoms with E-state index in [9.17, 15) is 14.7 Å². The zero-order valence-electron chi connectivity index (χ0n) is 11.5. The number of benzene rings is 1. The number of hydrogen-bond donors (Lipinski definition) is 3. The van der Waals surface area contributed by atoms with Crippen molar-refractivity contribution in [1.29, 1.82) is 0 Å². The summed E-state index contributed by atoms with van der Waals surface area (Å²) in [4.78, 5) is 23.2. The molecular formula is C14H18N2O4. The molecule has 2 unspecified atom stereocenters. The smallest absolute Gasteiger partial charge is 0.262 e. The molecule has 1 aromatic carbocycles. The highest BCUT2D eigenvalue weighted by Crippen LogP contribution is 2.28. The number of hydrogen-bond acceptors (Lipinski definition) is 4. The first-order valence-corrected chi connectivity index (χ1v) is 6.51. The van der Waals surface area contributed by atoms with E-state index in [0.29, 0.717) is 23.4 Å². The van der Waals surface area contributed by atoms with Crippen molar-refractivity contribution in [3.63, 3.8) is 0 Å². The Morgan fingerprint density at radius 1 is 1.50 bits per heavy atom. The molecule has 6 nitrogen and oxygen atoms in total. The molecule has 1 aliphatic rings. The number of amides is 2. The van der Waals surface area contributed by atoms with Gasteiger partial charge in [0.05, 0.1) is 11.8 Å². The van der Waals surface area contributed by atoms with Gasteiger partial charge in [-0.05, 0) is 38.5 Å². The second kappa shape index (κ2) is 5.92. The Bertz CT molecular complexity index is 528. The summed E-state index contributed by atoms with van der Waals surface area (Å²) >= 11 is 0. The van der Waals surface area contributed by atoms with Gasteiger partial charge < -0.3 is 20.5 Å². The van der Waals surface area contributed by atoms with Crippen LogP contribution in [0, 0.1) is 0 Å². The van der Waals surface area contributed by atoms with E-state index in [0.717, 1.165) is 0 Å². The lowest BCUT2D eigenvalue weighted by Gasteiger charge is -2.19. The van der Waals surface area contributed by atoms with Gasteiger partial charge in [-0.25, -0.2) is 0 Å². The highest BCUT2D eigenvalue weighted by Gasteiger charge is 2.18. The summed E-state index contributed by atoms with van der Waals surface area (Å²) < 4.78 is 5.26. The maximum absolute atomic E-state index is 12.1. The SMILES string of the molecule is CC(O)CC(C)NC(=O)c1ccc2c(c1)OCC(=O)N2. The molecule has 0 radical (unpaired) electrons. The monoisotopic (exact) mass is 278 g/mol. The molecule has 0 aromatic heterocycles. The van der Waals surface area contributed by atoms with Gasteiger partial charge in [-0.1, -0.05) is 0 Å². The number of anilines is 1. The molecule has 2 atom stereocenters. The Morgan fingerprint density at radius 3 is 2.95 bits per heavy atom. The molecule has 6 heteroatoms. The first-order valence-electron chi connectivity index (χ1n) is 6.51. The molecule has 2 amide bonds. The standard InChI is InChI=1S/C14H18N2O4/c1-8(5-9(2)17)15-14(19)10-3-4-11-12(6-10)20-7-13(18)16-11/h3-4,6,8-9,17H,5,7H2,1-2H3,(H,15,19)(H,16,18). The fourth-order valence-corrected chi connectivity index (χ4v) is 2.09. The summed E-state index contributed by atoms with van der Waals surface area (Å²) in [6.07, 6.45) is 0.0239. The van der Waals surface area contributed by atoms with Crippen LogP contribution in [0.5, 0.6) is 5.75 Å². The molecule has 20 heavy (non-hydrogen) atoms. The number of rotatable bonds is 4. The van der Waals surface area contributed by atoms with E-state index in [1.165, 1.54) is 0 Å². The third-order valence-corrected chi connectivity index (χ3v) is 2.95. The lowest BCUT2D eigenvalue weighted by molar-refractivity contribution is -0.118. The summed E-state index contributed by atoms with van der Waals surface area (Å²) in [5.41, 5.74) is 1.02. The molecule has 1 aliphatic heterocycles. The Morgan fingerprint density at radius 2 is 2.25 bits per heavy atom. The fourth-order valence-electron chi connectivity index (χ4n) is 2.09. The Kier molecular flexibility index (Phi) is 4.24. The quantitative estimate of drug-likeness (QED) is 0.764. The minimum Gasteiger partial charge on any atom is -0.482 e. The molecular weight excluding hydrogens is 260 g/mol. The van der Waals surface area contributed by atoms with E-state index in [-0.39, 0.29) is 24.5 Å². The molecule has 1 aromatic rings. The van der Waals surface area contributed by atoms with E-state index < -0.39 is 6.10 Å². The maximum Gasteiger partial charge on any atom is 0.262 e.